The van der Waals surface area contributed by atoms with Crippen LogP contribution in [0.4, 0.5) is 0 Å². The Morgan fingerprint density at radius 1 is 0.741 bits per heavy atom. The van der Waals surface area contributed by atoms with Gasteiger partial charge in [-0.1, -0.05) is 103 Å². The van der Waals surface area contributed by atoms with Crippen molar-refractivity contribution in [3.8, 4) is 0 Å². The molecular weight excluding hydrogens is 334 g/mol. The second kappa shape index (κ2) is 9.83. The molecule has 2 atom stereocenters. The Labute approximate surface area is 160 Å². The molecule has 3 nitrogen and oxygen atoms in total. The van der Waals surface area contributed by atoms with Crippen LogP contribution >= 0.6 is 0 Å². The van der Waals surface area contributed by atoms with E-state index in [1.165, 1.54) is 0 Å². The van der Waals surface area contributed by atoms with Crippen molar-refractivity contribution in [3.63, 3.8) is 0 Å². The molecule has 3 aromatic rings. The minimum Gasteiger partial charge on any atom is -0.394 e. The lowest BCUT2D eigenvalue weighted by atomic mass is 9.96. The lowest BCUT2D eigenvalue weighted by Crippen LogP contribution is -2.42. The van der Waals surface area contributed by atoms with Crippen molar-refractivity contribution >= 4 is 6.08 Å². The van der Waals surface area contributed by atoms with Gasteiger partial charge in [-0.25, -0.2) is 0 Å². The van der Waals surface area contributed by atoms with Gasteiger partial charge in [0.2, 0.25) is 0 Å². The first kappa shape index (κ1) is 19.1. The molecule has 138 valence electrons. The van der Waals surface area contributed by atoms with Gasteiger partial charge in [0, 0.05) is 0 Å². The number of aliphatic hydroxyl groups excluding tert-OH is 2. The van der Waals surface area contributed by atoms with E-state index in [1.54, 1.807) is 0 Å². The van der Waals surface area contributed by atoms with Crippen LogP contribution in [0, 0.1) is 0 Å². The molecule has 0 heterocycles. The fourth-order valence-corrected chi connectivity index (χ4v) is 3.06. The molecule has 0 bridgehead atoms. The highest BCUT2D eigenvalue weighted by atomic mass is 16.3. The second-order valence-corrected chi connectivity index (χ2v) is 6.47. The largest absolute Gasteiger partial charge is 0.394 e. The monoisotopic (exact) mass is 359 g/mol. The van der Waals surface area contributed by atoms with Crippen LogP contribution in [0.15, 0.2) is 97.1 Å². The first-order chi connectivity index (χ1) is 13.3. The zero-order chi connectivity index (χ0) is 18.9. The molecular formula is C24H25NO2. The van der Waals surface area contributed by atoms with Gasteiger partial charge in [-0.3, -0.25) is 5.32 Å². The van der Waals surface area contributed by atoms with Gasteiger partial charge in [0.05, 0.1) is 24.8 Å². The Morgan fingerprint density at radius 3 is 1.70 bits per heavy atom. The van der Waals surface area contributed by atoms with Gasteiger partial charge in [-0.15, -0.1) is 0 Å². The number of nitrogens with one attached hydrogen (secondary N) is 1. The number of aliphatic hydroxyl groups is 2. The molecule has 0 saturated carbocycles. The highest BCUT2D eigenvalue weighted by Gasteiger charge is 2.22. The molecule has 27 heavy (non-hydrogen) atoms. The van der Waals surface area contributed by atoms with Gasteiger partial charge in [0.15, 0.2) is 0 Å². The average molecular weight is 359 g/mol. The maximum absolute atomic E-state index is 10.4. The Hall–Kier alpha value is -2.72. The van der Waals surface area contributed by atoms with E-state index in [0.717, 1.165) is 16.7 Å². The van der Waals surface area contributed by atoms with Crippen LogP contribution in [0.2, 0.25) is 0 Å². The van der Waals surface area contributed by atoms with Gasteiger partial charge < -0.3 is 10.2 Å². The van der Waals surface area contributed by atoms with Crippen LogP contribution < -0.4 is 5.32 Å². The maximum Gasteiger partial charge on any atom is 0.0959 e. The number of rotatable bonds is 8. The minimum atomic E-state index is -0.903. The van der Waals surface area contributed by atoms with Crippen LogP contribution in [0.1, 0.15) is 22.7 Å². The molecule has 0 amide bonds. The molecule has 0 spiro atoms. The van der Waals surface area contributed by atoms with E-state index in [4.69, 9.17) is 0 Å². The van der Waals surface area contributed by atoms with Crippen molar-refractivity contribution in [2.24, 2.45) is 0 Å². The first-order valence-electron chi connectivity index (χ1n) is 9.16. The second-order valence-electron chi connectivity index (χ2n) is 6.47. The fourth-order valence-electron chi connectivity index (χ4n) is 3.06. The summed E-state index contributed by atoms with van der Waals surface area (Å²) in [5.74, 6) is 0. The summed E-state index contributed by atoms with van der Waals surface area (Å²) in [7, 11) is 0. The van der Waals surface area contributed by atoms with E-state index in [2.05, 4.69) is 29.6 Å². The molecule has 0 aliphatic rings. The third-order valence-corrected chi connectivity index (χ3v) is 4.52. The van der Waals surface area contributed by atoms with Gasteiger partial charge in [-0.05, 0) is 16.7 Å². The van der Waals surface area contributed by atoms with Crippen molar-refractivity contribution in [1.29, 1.82) is 0 Å². The quantitative estimate of drug-likeness (QED) is 0.573. The number of benzene rings is 3. The van der Waals surface area contributed by atoms with Crippen molar-refractivity contribution in [2.75, 3.05) is 6.61 Å². The molecule has 3 aromatic carbocycles. The Balaban J connectivity index is 1.89. The number of hydrogen-bond donors (Lipinski definition) is 3. The van der Waals surface area contributed by atoms with Crippen LogP contribution in [0.25, 0.3) is 6.08 Å². The fraction of sp³-hybridized carbons (Fsp3) is 0.167. The Kier molecular flexibility index (Phi) is 6.94. The molecule has 3 N–H and O–H groups in total. The van der Waals surface area contributed by atoms with E-state index in [0.29, 0.717) is 0 Å². The third-order valence-electron chi connectivity index (χ3n) is 4.52. The van der Waals surface area contributed by atoms with E-state index in [-0.39, 0.29) is 12.6 Å². The van der Waals surface area contributed by atoms with Gasteiger partial charge in [-0.2, -0.15) is 0 Å². The summed E-state index contributed by atoms with van der Waals surface area (Å²) in [6.45, 7) is -0.312. The first-order valence-corrected chi connectivity index (χ1v) is 9.16. The molecule has 0 aromatic heterocycles. The molecule has 0 aliphatic carbocycles. The minimum absolute atomic E-state index is 0.0981. The van der Waals surface area contributed by atoms with Gasteiger partial charge >= 0.3 is 0 Å². The summed E-state index contributed by atoms with van der Waals surface area (Å²) in [6, 6.07) is 29.7. The summed E-state index contributed by atoms with van der Waals surface area (Å²) >= 11 is 0. The highest BCUT2D eigenvalue weighted by molar-refractivity contribution is 5.49. The van der Waals surface area contributed by atoms with E-state index in [9.17, 15) is 10.2 Å². The normalized spacial score (nSPS) is 13.7. The Morgan fingerprint density at radius 2 is 1.22 bits per heavy atom. The summed E-state index contributed by atoms with van der Waals surface area (Å²) in [4.78, 5) is 0. The van der Waals surface area contributed by atoms with Crippen molar-refractivity contribution in [2.45, 2.75) is 18.2 Å². The SMILES string of the molecule is OCC(O)C(/C=C/c1ccccc1)NC(c1ccccc1)c1ccccc1. The predicted octanol–water partition coefficient (Wildman–Crippen LogP) is 3.80. The molecule has 3 rings (SSSR count). The van der Waals surface area contributed by atoms with Crippen molar-refractivity contribution in [3.05, 3.63) is 114 Å². The van der Waals surface area contributed by atoms with Crippen molar-refractivity contribution < 1.29 is 10.2 Å². The standard InChI is InChI=1S/C24H25NO2/c26-18-23(27)22(17-16-19-10-4-1-5-11-19)25-24(20-12-6-2-7-13-20)21-14-8-3-9-15-21/h1-17,22-27H,18H2/b17-16+. The van der Waals surface area contributed by atoms with Gasteiger partial charge in [0.25, 0.3) is 0 Å². The summed E-state index contributed by atoms with van der Waals surface area (Å²) in [5.41, 5.74) is 3.25. The van der Waals surface area contributed by atoms with Gasteiger partial charge in [0.1, 0.15) is 0 Å². The summed E-state index contributed by atoms with van der Waals surface area (Å²) < 4.78 is 0. The van der Waals surface area contributed by atoms with Crippen LogP contribution in [0.5, 0.6) is 0 Å². The van der Waals surface area contributed by atoms with Crippen LogP contribution in [-0.2, 0) is 0 Å². The van der Waals surface area contributed by atoms with E-state index >= 15 is 0 Å². The average Bonchev–Trinajstić information content (AvgIpc) is 2.75. The predicted molar refractivity (Wildman–Crippen MR) is 110 cm³/mol. The van der Waals surface area contributed by atoms with E-state index < -0.39 is 12.1 Å². The molecule has 0 fully saturated rings. The third kappa shape index (κ3) is 5.38. The molecule has 0 aliphatic heterocycles. The zero-order valence-corrected chi connectivity index (χ0v) is 15.1. The molecule has 3 heteroatoms. The summed E-state index contributed by atoms with van der Waals surface area (Å²) in [6.07, 6.45) is 2.97. The Bertz CT molecular complexity index is 779. The smallest absolute Gasteiger partial charge is 0.0959 e. The lowest BCUT2D eigenvalue weighted by Gasteiger charge is -2.27. The molecule has 2 unspecified atom stereocenters. The van der Waals surface area contributed by atoms with Crippen molar-refractivity contribution in [1.82, 2.24) is 5.32 Å². The molecule has 0 radical (unpaired) electrons. The zero-order valence-electron chi connectivity index (χ0n) is 15.1. The maximum atomic E-state index is 10.4. The summed E-state index contributed by atoms with van der Waals surface area (Å²) in [5, 5.41) is 23.4. The van der Waals surface area contributed by atoms with Crippen LogP contribution in [0.3, 0.4) is 0 Å². The number of hydrogen-bond acceptors (Lipinski definition) is 3. The topological polar surface area (TPSA) is 52.5 Å². The highest BCUT2D eigenvalue weighted by Crippen LogP contribution is 2.23. The van der Waals surface area contributed by atoms with E-state index in [1.807, 2.05) is 78.9 Å². The molecule has 0 saturated heterocycles. The lowest BCUT2D eigenvalue weighted by molar-refractivity contribution is 0.0738. The van der Waals surface area contributed by atoms with Crippen LogP contribution in [-0.4, -0.2) is 29.0 Å².